The van der Waals surface area contributed by atoms with Crippen molar-refractivity contribution >= 4 is 11.7 Å². The molecule has 1 aliphatic rings. The lowest BCUT2D eigenvalue weighted by Crippen LogP contribution is -2.49. The third kappa shape index (κ3) is 4.29. The maximum Gasteiger partial charge on any atom is 0.321 e. The van der Waals surface area contributed by atoms with Crippen LogP contribution >= 0.6 is 0 Å². The normalized spacial score (nSPS) is 15.4. The second kappa shape index (κ2) is 7.24. The van der Waals surface area contributed by atoms with Gasteiger partial charge in [-0.3, -0.25) is 9.88 Å². The van der Waals surface area contributed by atoms with E-state index in [4.69, 9.17) is 0 Å². The summed E-state index contributed by atoms with van der Waals surface area (Å²) in [5.41, 5.74) is 3.36. The number of nitrogens with one attached hydrogen (secondary N) is 1. The molecule has 3 rings (SSSR count). The van der Waals surface area contributed by atoms with Gasteiger partial charge in [-0.05, 0) is 24.6 Å². The first-order chi connectivity index (χ1) is 11.2. The number of pyridine rings is 1. The number of anilines is 1. The first-order valence-corrected chi connectivity index (χ1v) is 7.94. The van der Waals surface area contributed by atoms with Crippen molar-refractivity contribution < 1.29 is 4.79 Å². The van der Waals surface area contributed by atoms with Crippen molar-refractivity contribution in [2.45, 2.75) is 13.5 Å². The number of nitrogens with zero attached hydrogens (tertiary/aromatic N) is 3. The standard InChI is InChI=1S/C18H22N4O/c1-15-4-2-5-16(12-15)14-21-8-10-22(11-9-21)18(23)20-17-6-3-7-19-13-17/h2-7,12-13H,8-11,14H2,1H3,(H,20,23). The molecule has 0 aliphatic carbocycles. The first kappa shape index (κ1) is 15.5. The molecule has 0 atom stereocenters. The van der Waals surface area contributed by atoms with E-state index in [-0.39, 0.29) is 6.03 Å². The number of rotatable bonds is 3. The van der Waals surface area contributed by atoms with E-state index in [0.717, 1.165) is 38.4 Å². The monoisotopic (exact) mass is 310 g/mol. The van der Waals surface area contributed by atoms with Gasteiger partial charge < -0.3 is 10.2 Å². The zero-order valence-corrected chi connectivity index (χ0v) is 13.4. The molecule has 1 aromatic carbocycles. The molecule has 2 amide bonds. The Bertz CT molecular complexity index is 651. The van der Waals surface area contributed by atoms with Crippen LogP contribution in [0.15, 0.2) is 48.8 Å². The molecular formula is C18H22N4O. The molecule has 120 valence electrons. The van der Waals surface area contributed by atoms with Crippen LogP contribution in [-0.2, 0) is 6.54 Å². The van der Waals surface area contributed by atoms with Gasteiger partial charge in [0.25, 0.3) is 0 Å². The van der Waals surface area contributed by atoms with Crippen LogP contribution in [0.25, 0.3) is 0 Å². The van der Waals surface area contributed by atoms with Gasteiger partial charge in [0.05, 0.1) is 11.9 Å². The van der Waals surface area contributed by atoms with E-state index >= 15 is 0 Å². The SMILES string of the molecule is Cc1cccc(CN2CCN(C(=O)Nc3cccnc3)CC2)c1. The molecular weight excluding hydrogens is 288 g/mol. The zero-order chi connectivity index (χ0) is 16.1. The Kier molecular flexibility index (Phi) is 4.88. The van der Waals surface area contributed by atoms with Gasteiger partial charge in [0.1, 0.15) is 0 Å². The fourth-order valence-electron chi connectivity index (χ4n) is 2.82. The zero-order valence-electron chi connectivity index (χ0n) is 13.4. The van der Waals surface area contributed by atoms with Crippen molar-refractivity contribution in [1.29, 1.82) is 0 Å². The molecule has 23 heavy (non-hydrogen) atoms. The average Bonchev–Trinajstić information content (AvgIpc) is 2.56. The summed E-state index contributed by atoms with van der Waals surface area (Å²) in [5.74, 6) is 0. The minimum Gasteiger partial charge on any atom is -0.322 e. The molecule has 0 unspecified atom stereocenters. The highest BCUT2D eigenvalue weighted by atomic mass is 16.2. The van der Waals surface area contributed by atoms with Gasteiger partial charge in [0, 0.05) is 38.9 Å². The number of carbonyl (C=O) groups is 1. The van der Waals surface area contributed by atoms with Gasteiger partial charge >= 0.3 is 6.03 Å². The lowest BCUT2D eigenvalue weighted by atomic mass is 10.1. The Morgan fingerprint density at radius 1 is 1.17 bits per heavy atom. The van der Waals surface area contributed by atoms with Crippen LogP contribution in [0, 0.1) is 6.92 Å². The number of benzene rings is 1. The predicted molar refractivity (Wildman–Crippen MR) is 91.3 cm³/mol. The molecule has 2 aromatic rings. The summed E-state index contributed by atoms with van der Waals surface area (Å²) in [6, 6.07) is 12.2. The summed E-state index contributed by atoms with van der Waals surface area (Å²) in [7, 11) is 0. The number of carbonyl (C=O) groups excluding carboxylic acids is 1. The van der Waals surface area contributed by atoms with Gasteiger partial charge in [0.15, 0.2) is 0 Å². The minimum atomic E-state index is -0.0480. The molecule has 1 N–H and O–H groups in total. The third-order valence-corrected chi connectivity index (χ3v) is 4.06. The Hall–Kier alpha value is -2.40. The summed E-state index contributed by atoms with van der Waals surface area (Å²) in [4.78, 5) is 20.5. The number of hydrogen-bond acceptors (Lipinski definition) is 3. The van der Waals surface area contributed by atoms with Crippen LogP contribution in [0.4, 0.5) is 10.5 Å². The first-order valence-electron chi connectivity index (χ1n) is 7.94. The summed E-state index contributed by atoms with van der Waals surface area (Å²) in [6.07, 6.45) is 3.35. The highest BCUT2D eigenvalue weighted by Crippen LogP contribution is 2.11. The maximum atomic E-state index is 12.2. The van der Waals surface area contributed by atoms with Crippen molar-refractivity contribution in [2.75, 3.05) is 31.5 Å². The molecule has 1 aliphatic heterocycles. The minimum absolute atomic E-state index is 0.0480. The highest BCUT2D eigenvalue weighted by molar-refractivity contribution is 5.89. The van der Waals surface area contributed by atoms with Crippen molar-refractivity contribution in [3.8, 4) is 0 Å². The third-order valence-electron chi connectivity index (χ3n) is 4.06. The van der Waals surface area contributed by atoms with Crippen LogP contribution in [0.1, 0.15) is 11.1 Å². The molecule has 5 nitrogen and oxygen atoms in total. The molecule has 0 spiro atoms. The topological polar surface area (TPSA) is 48.5 Å². The lowest BCUT2D eigenvalue weighted by molar-refractivity contribution is 0.143. The lowest BCUT2D eigenvalue weighted by Gasteiger charge is -2.34. The fraction of sp³-hybridized carbons (Fsp3) is 0.333. The Balaban J connectivity index is 1.49. The molecule has 2 heterocycles. The van der Waals surface area contributed by atoms with E-state index in [1.54, 1.807) is 12.4 Å². The molecule has 1 aromatic heterocycles. The highest BCUT2D eigenvalue weighted by Gasteiger charge is 2.21. The van der Waals surface area contributed by atoms with Crippen molar-refractivity contribution in [1.82, 2.24) is 14.8 Å². The number of aryl methyl sites for hydroxylation is 1. The van der Waals surface area contributed by atoms with E-state index in [1.165, 1.54) is 11.1 Å². The summed E-state index contributed by atoms with van der Waals surface area (Å²) >= 11 is 0. The van der Waals surface area contributed by atoms with Crippen molar-refractivity contribution in [3.05, 3.63) is 59.9 Å². The van der Waals surface area contributed by atoms with Gasteiger partial charge in [-0.15, -0.1) is 0 Å². The second-order valence-corrected chi connectivity index (χ2v) is 5.92. The van der Waals surface area contributed by atoms with Crippen molar-refractivity contribution in [2.24, 2.45) is 0 Å². The van der Waals surface area contributed by atoms with Crippen LogP contribution in [0.3, 0.4) is 0 Å². The van der Waals surface area contributed by atoms with E-state index in [9.17, 15) is 4.79 Å². The largest absolute Gasteiger partial charge is 0.322 e. The van der Waals surface area contributed by atoms with E-state index < -0.39 is 0 Å². The summed E-state index contributed by atoms with van der Waals surface area (Å²) in [6.45, 7) is 6.35. The number of piperazine rings is 1. The fourth-order valence-corrected chi connectivity index (χ4v) is 2.82. The van der Waals surface area contributed by atoms with Crippen LogP contribution in [0.5, 0.6) is 0 Å². The molecule has 1 saturated heterocycles. The smallest absolute Gasteiger partial charge is 0.321 e. The molecule has 0 radical (unpaired) electrons. The van der Waals surface area contributed by atoms with E-state index in [1.807, 2.05) is 17.0 Å². The summed E-state index contributed by atoms with van der Waals surface area (Å²) in [5, 5.41) is 2.89. The predicted octanol–water partition coefficient (Wildman–Crippen LogP) is 2.74. The maximum absolute atomic E-state index is 12.2. The Labute approximate surface area is 136 Å². The van der Waals surface area contributed by atoms with Crippen molar-refractivity contribution in [3.63, 3.8) is 0 Å². The number of amides is 2. The van der Waals surface area contributed by atoms with Crippen LogP contribution in [0.2, 0.25) is 0 Å². The average molecular weight is 310 g/mol. The summed E-state index contributed by atoms with van der Waals surface area (Å²) < 4.78 is 0. The van der Waals surface area contributed by atoms with E-state index in [2.05, 4.69) is 46.4 Å². The second-order valence-electron chi connectivity index (χ2n) is 5.92. The quantitative estimate of drug-likeness (QED) is 0.948. The Morgan fingerprint density at radius 3 is 2.70 bits per heavy atom. The van der Waals surface area contributed by atoms with Crippen LogP contribution < -0.4 is 5.32 Å². The van der Waals surface area contributed by atoms with E-state index in [0.29, 0.717) is 0 Å². The molecule has 1 fully saturated rings. The number of hydrogen-bond donors (Lipinski definition) is 1. The van der Waals surface area contributed by atoms with Crippen LogP contribution in [-0.4, -0.2) is 47.0 Å². The van der Waals surface area contributed by atoms with Gasteiger partial charge in [-0.25, -0.2) is 4.79 Å². The van der Waals surface area contributed by atoms with Gasteiger partial charge in [0.2, 0.25) is 0 Å². The van der Waals surface area contributed by atoms with Gasteiger partial charge in [-0.1, -0.05) is 29.8 Å². The number of aromatic nitrogens is 1. The van der Waals surface area contributed by atoms with Gasteiger partial charge in [-0.2, -0.15) is 0 Å². The molecule has 0 saturated carbocycles. The number of urea groups is 1. The molecule has 0 bridgehead atoms. The Morgan fingerprint density at radius 2 is 2.00 bits per heavy atom. The molecule has 5 heteroatoms.